The molecular weight excluding hydrogens is 392 g/mol. The first-order valence-electron chi connectivity index (χ1n) is 11.0. The maximum Gasteiger partial charge on any atom is 0.317 e. The van der Waals surface area contributed by atoms with Crippen LogP contribution in [0.15, 0.2) is 24.4 Å². The van der Waals surface area contributed by atoms with E-state index in [0.717, 1.165) is 60.1 Å². The molecular formula is C23H28N6O2. The summed E-state index contributed by atoms with van der Waals surface area (Å²) in [5, 5.41) is 2.73. The van der Waals surface area contributed by atoms with Crippen molar-refractivity contribution in [3.63, 3.8) is 0 Å². The molecule has 1 N–H and O–H groups in total. The summed E-state index contributed by atoms with van der Waals surface area (Å²) in [5.74, 6) is 1.86. The average molecular weight is 421 g/mol. The van der Waals surface area contributed by atoms with E-state index in [-0.39, 0.29) is 18.0 Å². The molecule has 1 aliphatic carbocycles. The summed E-state index contributed by atoms with van der Waals surface area (Å²) in [4.78, 5) is 30.8. The summed E-state index contributed by atoms with van der Waals surface area (Å²) in [6, 6.07) is 4.33. The number of aromatic nitrogens is 3. The Morgan fingerprint density at radius 1 is 1.29 bits per heavy atom. The lowest BCUT2D eigenvalue weighted by molar-refractivity contribution is 0.0985. The second-order valence-corrected chi connectivity index (χ2v) is 8.40. The van der Waals surface area contributed by atoms with E-state index in [0.29, 0.717) is 19.8 Å². The fourth-order valence-corrected chi connectivity index (χ4v) is 4.69. The molecule has 2 fully saturated rings. The van der Waals surface area contributed by atoms with Gasteiger partial charge in [0.2, 0.25) is 0 Å². The largest absolute Gasteiger partial charge is 0.377 e. The maximum absolute atomic E-state index is 12.1. The number of hydrogen-bond donors (Lipinski definition) is 1. The number of allylic oxidation sites excluding steroid dienone is 1. The van der Waals surface area contributed by atoms with Crippen molar-refractivity contribution in [2.75, 3.05) is 44.8 Å². The molecule has 2 saturated heterocycles. The van der Waals surface area contributed by atoms with Gasteiger partial charge in [-0.1, -0.05) is 12.2 Å². The summed E-state index contributed by atoms with van der Waals surface area (Å²) >= 11 is 0. The zero-order valence-electron chi connectivity index (χ0n) is 18.0. The van der Waals surface area contributed by atoms with Gasteiger partial charge in [-0.2, -0.15) is 0 Å². The van der Waals surface area contributed by atoms with Crippen LogP contribution in [0.2, 0.25) is 0 Å². The third-order valence-electron chi connectivity index (χ3n) is 6.41. The number of amides is 2. The van der Waals surface area contributed by atoms with Crippen LogP contribution in [0.4, 0.5) is 10.6 Å². The number of ether oxygens (including phenoxy) is 1. The van der Waals surface area contributed by atoms with Crippen LogP contribution in [-0.4, -0.2) is 71.8 Å². The van der Waals surface area contributed by atoms with E-state index >= 15 is 0 Å². The molecule has 0 saturated carbocycles. The van der Waals surface area contributed by atoms with E-state index in [1.807, 2.05) is 17.2 Å². The molecule has 0 radical (unpaired) electrons. The predicted octanol–water partition coefficient (Wildman–Crippen LogP) is 2.46. The van der Waals surface area contributed by atoms with Gasteiger partial charge in [0.05, 0.1) is 30.6 Å². The van der Waals surface area contributed by atoms with Gasteiger partial charge in [0.25, 0.3) is 0 Å². The van der Waals surface area contributed by atoms with Gasteiger partial charge in [0.1, 0.15) is 5.82 Å². The second kappa shape index (κ2) is 8.26. The fourth-order valence-electron chi connectivity index (χ4n) is 4.69. The van der Waals surface area contributed by atoms with Gasteiger partial charge >= 0.3 is 6.03 Å². The zero-order valence-corrected chi connectivity index (χ0v) is 18.0. The average Bonchev–Trinajstić information content (AvgIpc) is 3.48. The number of nitrogens with one attached hydrogen (secondary N) is 1. The van der Waals surface area contributed by atoms with Crippen LogP contribution in [0.5, 0.6) is 0 Å². The Labute approximate surface area is 182 Å². The van der Waals surface area contributed by atoms with E-state index in [1.54, 1.807) is 7.05 Å². The monoisotopic (exact) mass is 420 g/mol. The third kappa shape index (κ3) is 3.76. The van der Waals surface area contributed by atoms with Crippen LogP contribution in [-0.2, 0) is 11.2 Å². The highest BCUT2D eigenvalue weighted by molar-refractivity contribution is 5.76. The Hall–Kier alpha value is -3.00. The van der Waals surface area contributed by atoms with Crippen LogP contribution in [0.1, 0.15) is 36.2 Å². The molecule has 2 amide bonds. The lowest BCUT2D eigenvalue weighted by Gasteiger charge is -2.34. The van der Waals surface area contributed by atoms with Crippen molar-refractivity contribution in [3.05, 3.63) is 41.4 Å². The molecule has 5 rings (SSSR count). The molecule has 0 bridgehead atoms. The minimum atomic E-state index is -0.0316. The van der Waals surface area contributed by atoms with Crippen LogP contribution in [0.25, 0.3) is 17.5 Å². The van der Waals surface area contributed by atoms with Crippen molar-refractivity contribution >= 4 is 17.9 Å². The van der Waals surface area contributed by atoms with Crippen LogP contribution >= 0.6 is 0 Å². The molecule has 162 valence electrons. The number of anilines is 1. The van der Waals surface area contributed by atoms with E-state index in [2.05, 4.69) is 40.3 Å². The minimum absolute atomic E-state index is 0.0316. The topological polar surface area (TPSA) is 83.5 Å². The van der Waals surface area contributed by atoms with E-state index < -0.39 is 0 Å². The Morgan fingerprint density at radius 3 is 3.03 bits per heavy atom. The molecule has 3 aliphatic rings. The number of carbonyl (C=O) groups is 1. The van der Waals surface area contributed by atoms with Crippen LogP contribution in [0.3, 0.4) is 0 Å². The number of urea groups is 1. The number of fused-ring (bicyclic) bond motifs is 1. The number of hydrogen-bond acceptors (Lipinski definition) is 6. The van der Waals surface area contributed by atoms with Gasteiger partial charge in [-0.3, -0.25) is 4.98 Å². The van der Waals surface area contributed by atoms with Gasteiger partial charge in [-0.15, -0.1) is 0 Å². The van der Waals surface area contributed by atoms with Gasteiger partial charge in [-0.25, -0.2) is 14.8 Å². The van der Waals surface area contributed by atoms with Crippen molar-refractivity contribution in [3.8, 4) is 11.4 Å². The van der Waals surface area contributed by atoms with E-state index in [4.69, 9.17) is 14.7 Å². The number of carbonyl (C=O) groups excluding carboxylic acids is 1. The normalized spacial score (nSPS) is 22.6. The summed E-state index contributed by atoms with van der Waals surface area (Å²) in [5.41, 5.74) is 4.19. The number of likely N-dealkylation sites (tertiary alicyclic amines) is 1. The highest BCUT2D eigenvalue weighted by Gasteiger charge is 2.30. The molecule has 2 aromatic rings. The highest BCUT2D eigenvalue weighted by atomic mass is 16.5. The van der Waals surface area contributed by atoms with Gasteiger partial charge in [0.15, 0.2) is 5.82 Å². The molecule has 2 aliphatic heterocycles. The number of rotatable bonds is 3. The first-order chi connectivity index (χ1) is 15.1. The SMILES string of the molecule is CNC(=O)N1CC[C@@H](c2cc(N3CCOC[C@H]3C)nc(-c3ccnc4c3C=CC4)n2)C1. The number of morpholine rings is 1. The predicted molar refractivity (Wildman–Crippen MR) is 119 cm³/mol. The standard InChI is InChI=1S/C23H28N6O2/c1-15-14-31-11-10-29(15)21-12-20(16-7-9-28(13-16)23(30)24-2)26-22(27-21)18-6-8-25-19-5-3-4-17(18)19/h3-4,6,8,12,15-16H,5,7,9-11,13-14H2,1-2H3,(H,24,30)/t15-,16-/m1/s1. The highest BCUT2D eigenvalue weighted by Crippen LogP contribution is 2.33. The third-order valence-corrected chi connectivity index (χ3v) is 6.41. The van der Waals surface area contributed by atoms with Gasteiger partial charge in [0, 0.05) is 62.4 Å². The lowest BCUT2D eigenvalue weighted by atomic mass is 10.0. The smallest absolute Gasteiger partial charge is 0.317 e. The summed E-state index contributed by atoms with van der Waals surface area (Å²) in [6.07, 6.45) is 7.84. The number of nitrogens with zero attached hydrogens (tertiary/aromatic N) is 5. The van der Waals surface area contributed by atoms with Crippen molar-refractivity contribution in [1.82, 2.24) is 25.2 Å². The molecule has 0 aromatic carbocycles. The molecule has 2 aromatic heterocycles. The Bertz CT molecular complexity index is 1020. The molecule has 8 heteroatoms. The van der Waals surface area contributed by atoms with Crippen molar-refractivity contribution < 1.29 is 9.53 Å². The summed E-state index contributed by atoms with van der Waals surface area (Å²) in [7, 11) is 1.67. The van der Waals surface area contributed by atoms with Gasteiger partial charge < -0.3 is 19.9 Å². The molecule has 8 nitrogen and oxygen atoms in total. The number of pyridine rings is 1. The van der Waals surface area contributed by atoms with Gasteiger partial charge in [-0.05, 0) is 19.4 Å². The first kappa shape index (κ1) is 19.9. The molecule has 2 atom stereocenters. The lowest BCUT2D eigenvalue weighted by Crippen LogP contribution is -2.44. The van der Waals surface area contributed by atoms with Crippen molar-refractivity contribution in [2.24, 2.45) is 0 Å². The van der Waals surface area contributed by atoms with Crippen molar-refractivity contribution in [2.45, 2.75) is 31.7 Å². The molecule has 4 heterocycles. The minimum Gasteiger partial charge on any atom is -0.377 e. The quantitative estimate of drug-likeness (QED) is 0.821. The fraction of sp³-hybridized carbons (Fsp3) is 0.478. The van der Waals surface area contributed by atoms with E-state index in [9.17, 15) is 4.79 Å². The zero-order chi connectivity index (χ0) is 21.4. The van der Waals surface area contributed by atoms with Crippen LogP contribution in [0, 0.1) is 0 Å². The maximum atomic E-state index is 12.1. The van der Waals surface area contributed by atoms with Crippen molar-refractivity contribution in [1.29, 1.82) is 0 Å². The molecule has 0 spiro atoms. The first-order valence-corrected chi connectivity index (χ1v) is 11.0. The molecule has 0 unspecified atom stereocenters. The Morgan fingerprint density at radius 2 is 2.19 bits per heavy atom. The summed E-state index contributed by atoms with van der Waals surface area (Å²) in [6.45, 7) is 5.76. The Kier molecular flexibility index (Phi) is 5.31. The summed E-state index contributed by atoms with van der Waals surface area (Å²) < 4.78 is 5.64. The second-order valence-electron chi connectivity index (χ2n) is 8.40. The Balaban J connectivity index is 1.56. The van der Waals surface area contributed by atoms with E-state index in [1.165, 1.54) is 0 Å². The van der Waals surface area contributed by atoms with Crippen LogP contribution < -0.4 is 10.2 Å². The molecule has 31 heavy (non-hydrogen) atoms.